The minimum Gasteiger partial charge on any atom is -0.396 e. The van der Waals surface area contributed by atoms with E-state index in [0.29, 0.717) is 11.8 Å². The van der Waals surface area contributed by atoms with Crippen molar-refractivity contribution in [3.8, 4) is 0 Å². The number of aliphatic hydroxyl groups is 1. The Bertz CT molecular complexity index is 341. The highest BCUT2D eigenvalue weighted by atomic mass is 16.3. The molecule has 1 atom stereocenters. The highest BCUT2D eigenvalue weighted by Crippen LogP contribution is 2.28. The van der Waals surface area contributed by atoms with Gasteiger partial charge in [0.05, 0.1) is 0 Å². The summed E-state index contributed by atoms with van der Waals surface area (Å²) in [5.41, 5.74) is 2.75. The highest BCUT2D eigenvalue weighted by Gasteiger charge is 2.16. The molecule has 1 aromatic carbocycles. The van der Waals surface area contributed by atoms with E-state index < -0.39 is 0 Å². The minimum absolute atomic E-state index is 0.256. The molecule has 17 heavy (non-hydrogen) atoms. The zero-order chi connectivity index (χ0) is 12.1. The fourth-order valence-corrected chi connectivity index (χ4v) is 2.69. The maximum Gasteiger partial charge on any atom is 0.0499 e. The van der Waals surface area contributed by atoms with Gasteiger partial charge in [-0.25, -0.2) is 0 Å². The van der Waals surface area contributed by atoms with Crippen molar-refractivity contribution in [2.75, 3.05) is 19.7 Å². The van der Waals surface area contributed by atoms with Crippen LogP contribution in [0.1, 0.15) is 49.1 Å². The van der Waals surface area contributed by atoms with E-state index in [4.69, 9.17) is 0 Å². The van der Waals surface area contributed by atoms with Gasteiger partial charge in [0.25, 0.3) is 0 Å². The van der Waals surface area contributed by atoms with E-state index in [2.05, 4.69) is 36.5 Å². The van der Waals surface area contributed by atoms with Gasteiger partial charge in [-0.2, -0.15) is 0 Å². The molecular weight excluding hydrogens is 210 g/mol. The molecule has 2 N–H and O–H groups in total. The number of rotatable bonds is 4. The second-order valence-electron chi connectivity index (χ2n) is 4.98. The average molecular weight is 233 g/mol. The van der Waals surface area contributed by atoms with Gasteiger partial charge in [0.1, 0.15) is 0 Å². The molecule has 0 radical (unpaired) electrons. The molecule has 2 rings (SSSR count). The predicted octanol–water partition coefficient (Wildman–Crippen LogP) is 2.64. The van der Waals surface area contributed by atoms with E-state index in [-0.39, 0.29) is 6.61 Å². The Morgan fingerprint density at radius 3 is 2.76 bits per heavy atom. The summed E-state index contributed by atoms with van der Waals surface area (Å²) in [5.74, 6) is 1.00. The van der Waals surface area contributed by atoms with Crippen LogP contribution in [0, 0.1) is 0 Å². The average Bonchev–Trinajstić information content (AvgIpc) is 2.42. The van der Waals surface area contributed by atoms with Gasteiger partial charge in [-0.05, 0) is 49.4 Å². The van der Waals surface area contributed by atoms with Crippen LogP contribution in [0.4, 0.5) is 0 Å². The van der Waals surface area contributed by atoms with Crippen molar-refractivity contribution < 1.29 is 5.11 Å². The lowest BCUT2D eigenvalue weighted by atomic mass is 9.87. The number of hydrogen-bond acceptors (Lipinski definition) is 2. The fourth-order valence-electron chi connectivity index (χ4n) is 2.69. The Balaban J connectivity index is 2.15. The lowest BCUT2D eigenvalue weighted by molar-refractivity contribution is 0.262. The van der Waals surface area contributed by atoms with Crippen LogP contribution < -0.4 is 5.32 Å². The number of nitrogens with one attached hydrogen (secondary N) is 1. The van der Waals surface area contributed by atoms with Gasteiger partial charge in [-0.15, -0.1) is 0 Å². The molecule has 2 heteroatoms. The monoisotopic (exact) mass is 233 g/mol. The summed E-state index contributed by atoms with van der Waals surface area (Å²) in [7, 11) is 0. The van der Waals surface area contributed by atoms with Crippen LogP contribution in [-0.2, 0) is 0 Å². The van der Waals surface area contributed by atoms with Gasteiger partial charge in [0.2, 0.25) is 0 Å². The Kier molecular flexibility index (Phi) is 4.57. The third-order valence-corrected chi connectivity index (χ3v) is 3.91. The molecule has 2 nitrogen and oxygen atoms in total. The second-order valence-corrected chi connectivity index (χ2v) is 4.98. The molecule has 1 saturated heterocycles. The molecule has 1 fully saturated rings. The van der Waals surface area contributed by atoms with Crippen LogP contribution in [0.15, 0.2) is 24.3 Å². The first kappa shape index (κ1) is 12.6. The van der Waals surface area contributed by atoms with E-state index >= 15 is 0 Å². The summed E-state index contributed by atoms with van der Waals surface area (Å²) in [6, 6.07) is 8.84. The van der Waals surface area contributed by atoms with Gasteiger partial charge in [-0.3, -0.25) is 0 Å². The molecular formula is C15H23NO. The lowest BCUT2D eigenvalue weighted by Gasteiger charge is -2.24. The summed E-state index contributed by atoms with van der Waals surface area (Å²) in [6.07, 6.45) is 3.48. The first-order valence-electron chi connectivity index (χ1n) is 6.76. The van der Waals surface area contributed by atoms with Crippen molar-refractivity contribution in [3.63, 3.8) is 0 Å². The van der Waals surface area contributed by atoms with Crippen LogP contribution in [0.5, 0.6) is 0 Å². The lowest BCUT2D eigenvalue weighted by Crippen LogP contribution is -2.26. The summed E-state index contributed by atoms with van der Waals surface area (Å²) in [6.45, 7) is 4.66. The minimum atomic E-state index is 0.256. The molecule has 0 aromatic heterocycles. The summed E-state index contributed by atoms with van der Waals surface area (Å²) in [4.78, 5) is 0. The number of piperidine rings is 1. The third kappa shape index (κ3) is 3.08. The Morgan fingerprint density at radius 2 is 2.12 bits per heavy atom. The molecule has 0 saturated carbocycles. The first-order chi connectivity index (χ1) is 8.35. The van der Waals surface area contributed by atoms with E-state index in [0.717, 1.165) is 19.5 Å². The summed E-state index contributed by atoms with van der Waals surface area (Å²) in [5, 5.41) is 12.8. The number of benzene rings is 1. The van der Waals surface area contributed by atoms with Crippen molar-refractivity contribution in [2.45, 2.75) is 38.0 Å². The topological polar surface area (TPSA) is 32.3 Å². The Morgan fingerprint density at radius 1 is 1.35 bits per heavy atom. The largest absolute Gasteiger partial charge is 0.396 e. The van der Waals surface area contributed by atoms with Crippen LogP contribution in [0.2, 0.25) is 0 Å². The van der Waals surface area contributed by atoms with Gasteiger partial charge in [-0.1, -0.05) is 31.2 Å². The summed E-state index contributed by atoms with van der Waals surface area (Å²) >= 11 is 0. The molecule has 1 aliphatic rings. The van der Waals surface area contributed by atoms with Crippen LogP contribution in [0.3, 0.4) is 0 Å². The molecule has 94 valence electrons. The first-order valence-corrected chi connectivity index (χ1v) is 6.76. The molecule has 0 aliphatic carbocycles. The van der Waals surface area contributed by atoms with Crippen molar-refractivity contribution in [3.05, 3.63) is 35.4 Å². The molecule has 0 spiro atoms. The molecule has 0 amide bonds. The molecule has 1 aliphatic heterocycles. The van der Waals surface area contributed by atoms with E-state index in [1.807, 2.05) is 0 Å². The van der Waals surface area contributed by atoms with E-state index in [1.165, 1.54) is 24.0 Å². The van der Waals surface area contributed by atoms with Crippen LogP contribution in [0.25, 0.3) is 0 Å². The normalized spacial score (nSPS) is 19.2. The number of hydrogen-bond donors (Lipinski definition) is 2. The molecule has 0 bridgehead atoms. The maximum atomic E-state index is 9.37. The highest BCUT2D eigenvalue weighted by molar-refractivity contribution is 5.29. The molecule has 1 unspecified atom stereocenters. The van der Waals surface area contributed by atoms with Crippen LogP contribution >= 0.6 is 0 Å². The fraction of sp³-hybridized carbons (Fsp3) is 0.600. The van der Waals surface area contributed by atoms with Crippen molar-refractivity contribution in [1.82, 2.24) is 5.32 Å². The smallest absolute Gasteiger partial charge is 0.0499 e. The standard InChI is InChI=1S/C15H23NO/c1-2-12(11-17)14-4-3-5-15(10-14)13-6-8-16-9-7-13/h3-5,10,12-13,16-17H,2,6-9,11H2,1H3. The van der Waals surface area contributed by atoms with Gasteiger partial charge in [0, 0.05) is 12.5 Å². The van der Waals surface area contributed by atoms with E-state index in [1.54, 1.807) is 0 Å². The SMILES string of the molecule is CCC(CO)c1cccc(C2CCNCC2)c1. The molecule has 1 aromatic rings. The Labute approximate surface area is 104 Å². The van der Waals surface area contributed by atoms with Gasteiger partial charge < -0.3 is 10.4 Å². The quantitative estimate of drug-likeness (QED) is 0.838. The zero-order valence-corrected chi connectivity index (χ0v) is 10.7. The summed E-state index contributed by atoms with van der Waals surface area (Å²) < 4.78 is 0. The van der Waals surface area contributed by atoms with Crippen molar-refractivity contribution in [1.29, 1.82) is 0 Å². The van der Waals surface area contributed by atoms with Crippen LogP contribution in [-0.4, -0.2) is 24.8 Å². The maximum absolute atomic E-state index is 9.37. The predicted molar refractivity (Wildman–Crippen MR) is 71.4 cm³/mol. The molecule has 1 heterocycles. The second kappa shape index (κ2) is 6.18. The van der Waals surface area contributed by atoms with E-state index in [9.17, 15) is 5.11 Å². The third-order valence-electron chi connectivity index (χ3n) is 3.91. The van der Waals surface area contributed by atoms with Crippen molar-refractivity contribution in [2.24, 2.45) is 0 Å². The van der Waals surface area contributed by atoms with Crippen molar-refractivity contribution >= 4 is 0 Å². The number of aliphatic hydroxyl groups excluding tert-OH is 1. The van der Waals surface area contributed by atoms with Gasteiger partial charge >= 0.3 is 0 Å². The van der Waals surface area contributed by atoms with Gasteiger partial charge in [0.15, 0.2) is 0 Å². The Hall–Kier alpha value is -0.860. The zero-order valence-electron chi connectivity index (χ0n) is 10.7.